The zero-order valence-corrected chi connectivity index (χ0v) is 12.4. The molecule has 0 fully saturated rings. The van der Waals surface area contributed by atoms with Crippen LogP contribution in [-0.2, 0) is 13.0 Å². The Morgan fingerprint density at radius 3 is 2.50 bits per heavy atom. The fraction of sp³-hybridized carbons (Fsp3) is 0.333. The van der Waals surface area contributed by atoms with E-state index in [0.29, 0.717) is 11.8 Å². The molecule has 2 heteroatoms. The summed E-state index contributed by atoms with van der Waals surface area (Å²) < 4.78 is 0. The molecule has 0 aromatic heterocycles. The van der Waals surface area contributed by atoms with Crippen LogP contribution in [0, 0.1) is 0 Å². The van der Waals surface area contributed by atoms with Crippen LogP contribution in [0.15, 0.2) is 54.6 Å². The van der Waals surface area contributed by atoms with Gasteiger partial charge in [-0.15, -0.1) is 11.6 Å². The Balaban J connectivity index is 1.64. The standard InChI is InChI=1S/C18H20ClN/c19-10-11-20(13-15-6-2-1-3-7-15)14-17-12-16-8-4-5-9-18(16)17/h1-9,17H,10-14H2. The lowest BCUT2D eigenvalue weighted by Crippen LogP contribution is -2.34. The number of nitrogens with zero attached hydrogens (tertiary/aromatic N) is 1. The molecular weight excluding hydrogens is 266 g/mol. The smallest absolute Gasteiger partial charge is 0.0351 e. The lowest BCUT2D eigenvalue weighted by Gasteiger charge is -2.34. The molecule has 0 saturated carbocycles. The maximum absolute atomic E-state index is 5.97. The average Bonchev–Trinajstić information content (AvgIpc) is 2.46. The van der Waals surface area contributed by atoms with Crippen molar-refractivity contribution < 1.29 is 0 Å². The van der Waals surface area contributed by atoms with E-state index >= 15 is 0 Å². The molecule has 1 aliphatic rings. The summed E-state index contributed by atoms with van der Waals surface area (Å²) in [5.74, 6) is 1.37. The van der Waals surface area contributed by atoms with Crippen molar-refractivity contribution in [2.24, 2.45) is 0 Å². The predicted molar refractivity (Wildman–Crippen MR) is 85.3 cm³/mol. The maximum atomic E-state index is 5.97. The van der Waals surface area contributed by atoms with Crippen molar-refractivity contribution in [3.63, 3.8) is 0 Å². The normalized spacial score (nSPS) is 16.8. The zero-order valence-electron chi connectivity index (χ0n) is 11.6. The van der Waals surface area contributed by atoms with Gasteiger partial charge in [0.15, 0.2) is 0 Å². The molecule has 0 aliphatic heterocycles. The highest BCUT2D eigenvalue weighted by atomic mass is 35.5. The molecule has 1 atom stereocenters. The lowest BCUT2D eigenvalue weighted by atomic mass is 9.77. The van der Waals surface area contributed by atoms with Crippen LogP contribution < -0.4 is 0 Å². The minimum absolute atomic E-state index is 0.679. The largest absolute Gasteiger partial charge is 0.297 e. The Labute approximate surface area is 126 Å². The molecule has 104 valence electrons. The van der Waals surface area contributed by atoms with E-state index in [1.807, 2.05) is 0 Å². The van der Waals surface area contributed by atoms with E-state index in [9.17, 15) is 0 Å². The summed E-state index contributed by atoms with van der Waals surface area (Å²) in [6.45, 7) is 3.06. The SMILES string of the molecule is ClCCN(Cc1ccccc1)CC1Cc2ccccc21. The van der Waals surface area contributed by atoms with Crippen molar-refractivity contribution in [1.29, 1.82) is 0 Å². The van der Waals surface area contributed by atoms with Gasteiger partial charge in [0.25, 0.3) is 0 Å². The lowest BCUT2D eigenvalue weighted by molar-refractivity contribution is 0.253. The number of fused-ring (bicyclic) bond motifs is 1. The molecule has 2 aromatic rings. The van der Waals surface area contributed by atoms with Crippen molar-refractivity contribution in [3.05, 3.63) is 71.3 Å². The van der Waals surface area contributed by atoms with E-state index in [-0.39, 0.29) is 0 Å². The first-order chi connectivity index (χ1) is 9.86. The van der Waals surface area contributed by atoms with Gasteiger partial charge in [-0.05, 0) is 23.1 Å². The van der Waals surface area contributed by atoms with E-state index < -0.39 is 0 Å². The molecule has 20 heavy (non-hydrogen) atoms. The van der Waals surface area contributed by atoms with E-state index in [1.54, 1.807) is 0 Å². The fourth-order valence-electron chi connectivity index (χ4n) is 3.03. The van der Waals surface area contributed by atoms with Gasteiger partial charge in [0.05, 0.1) is 0 Å². The van der Waals surface area contributed by atoms with Gasteiger partial charge >= 0.3 is 0 Å². The van der Waals surface area contributed by atoms with Crippen LogP contribution in [0.4, 0.5) is 0 Å². The van der Waals surface area contributed by atoms with Crippen molar-refractivity contribution in [2.45, 2.75) is 18.9 Å². The summed E-state index contributed by atoms with van der Waals surface area (Å²) in [5, 5.41) is 0. The summed E-state index contributed by atoms with van der Waals surface area (Å²) in [4.78, 5) is 2.48. The predicted octanol–water partition coefficient (Wildman–Crippen LogP) is 4.07. The van der Waals surface area contributed by atoms with Gasteiger partial charge in [0.2, 0.25) is 0 Å². The number of halogens is 1. The first-order valence-electron chi connectivity index (χ1n) is 7.27. The van der Waals surface area contributed by atoms with Gasteiger partial charge in [0.1, 0.15) is 0 Å². The van der Waals surface area contributed by atoms with Crippen LogP contribution in [0.5, 0.6) is 0 Å². The van der Waals surface area contributed by atoms with E-state index in [0.717, 1.165) is 19.6 Å². The minimum Gasteiger partial charge on any atom is -0.297 e. The van der Waals surface area contributed by atoms with Crippen molar-refractivity contribution >= 4 is 11.6 Å². The number of alkyl halides is 1. The number of hydrogen-bond acceptors (Lipinski definition) is 1. The second-order valence-corrected chi connectivity index (χ2v) is 5.89. The molecule has 2 aromatic carbocycles. The topological polar surface area (TPSA) is 3.24 Å². The van der Waals surface area contributed by atoms with Gasteiger partial charge in [-0.1, -0.05) is 54.6 Å². The third-order valence-electron chi connectivity index (χ3n) is 4.09. The quantitative estimate of drug-likeness (QED) is 0.723. The van der Waals surface area contributed by atoms with Crippen LogP contribution in [0.3, 0.4) is 0 Å². The van der Waals surface area contributed by atoms with Crippen molar-refractivity contribution in [1.82, 2.24) is 4.90 Å². The molecular formula is C18H20ClN. The average molecular weight is 286 g/mol. The second kappa shape index (κ2) is 6.43. The molecule has 1 nitrogen and oxygen atoms in total. The van der Waals surface area contributed by atoms with Crippen LogP contribution in [-0.4, -0.2) is 23.9 Å². The van der Waals surface area contributed by atoms with Crippen molar-refractivity contribution in [2.75, 3.05) is 19.0 Å². The van der Waals surface area contributed by atoms with Crippen LogP contribution >= 0.6 is 11.6 Å². The minimum atomic E-state index is 0.679. The van der Waals surface area contributed by atoms with Gasteiger partial charge in [-0.2, -0.15) is 0 Å². The molecule has 3 rings (SSSR count). The Morgan fingerprint density at radius 2 is 1.75 bits per heavy atom. The van der Waals surface area contributed by atoms with Gasteiger partial charge < -0.3 is 0 Å². The third kappa shape index (κ3) is 3.05. The molecule has 0 spiro atoms. The van der Waals surface area contributed by atoms with Crippen LogP contribution in [0.25, 0.3) is 0 Å². The Bertz CT molecular complexity index is 552. The zero-order chi connectivity index (χ0) is 13.8. The summed E-state index contributed by atoms with van der Waals surface area (Å²) in [5.41, 5.74) is 4.41. The monoisotopic (exact) mass is 285 g/mol. The van der Waals surface area contributed by atoms with Crippen molar-refractivity contribution in [3.8, 4) is 0 Å². The number of rotatable bonds is 6. The molecule has 1 unspecified atom stereocenters. The summed E-state index contributed by atoms with van der Waals surface area (Å²) in [6.07, 6.45) is 1.21. The van der Waals surface area contributed by atoms with Gasteiger partial charge in [-0.25, -0.2) is 0 Å². The number of benzene rings is 2. The molecule has 0 amide bonds. The maximum Gasteiger partial charge on any atom is 0.0351 e. The van der Waals surface area contributed by atoms with E-state index in [4.69, 9.17) is 11.6 Å². The molecule has 0 radical (unpaired) electrons. The summed E-state index contributed by atoms with van der Waals surface area (Å²) >= 11 is 5.97. The first-order valence-corrected chi connectivity index (χ1v) is 7.80. The highest BCUT2D eigenvalue weighted by Gasteiger charge is 2.26. The Morgan fingerprint density at radius 1 is 1.00 bits per heavy atom. The highest BCUT2D eigenvalue weighted by molar-refractivity contribution is 6.18. The Kier molecular flexibility index (Phi) is 4.39. The molecule has 1 aliphatic carbocycles. The van der Waals surface area contributed by atoms with E-state index in [1.165, 1.54) is 23.1 Å². The van der Waals surface area contributed by atoms with Crippen LogP contribution in [0.2, 0.25) is 0 Å². The molecule has 0 bridgehead atoms. The number of hydrogen-bond donors (Lipinski definition) is 0. The second-order valence-electron chi connectivity index (χ2n) is 5.51. The fourth-order valence-corrected chi connectivity index (χ4v) is 3.27. The summed E-state index contributed by atoms with van der Waals surface area (Å²) in [7, 11) is 0. The van der Waals surface area contributed by atoms with Gasteiger partial charge in [-0.3, -0.25) is 4.90 Å². The Hall–Kier alpha value is -1.31. The molecule has 0 saturated heterocycles. The first kappa shape index (κ1) is 13.7. The molecule has 0 N–H and O–H groups in total. The highest BCUT2D eigenvalue weighted by Crippen LogP contribution is 2.35. The summed E-state index contributed by atoms with van der Waals surface area (Å²) in [6, 6.07) is 19.5. The van der Waals surface area contributed by atoms with Gasteiger partial charge in [0, 0.05) is 31.4 Å². The van der Waals surface area contributed by atoms with E-state index in [2.05, 4.69) is 59.5 Å². The molecule has 0 heterocycles. The third-order valence-corrected chi connectivity index (χ3v) is 4.26. The van der Waals surface area contributed by atoms with Crippen LogP contribution in [0.1, 0.15) is 22.6 Å².